The van der Waals surface area contributed by atoms with Gasteiger partial charge < -0.3 is 10.6 Å². The van der Waals surface area contributed by atoms with Crippen LogP contribution >= 0.6 is 11.3 Å². The predicted octanol–water partition coefficient (Wildman–Crippen LogP) is 4.24. The van der Waals surface area contributed by atoms with Gasteiger partial charge in [-0.1, -0.05) is 13.0 Å². The van der Waals surface area contributed by atoms with E-state index in [1.807, 2.05) is 38.3 Å². The van der Waals surface area contributed by atoms with Gasteiger partial charge >= 0.3 is 0 Å². The Bertz CT molecular complexity index is 941. The first-order valence-corrected chi connectivity index (χ1v) is 12.6. The van der Waals surface area contributed by atoms with Gasteiger partial charge in [-0.2, -0.15) is 4.31 Å². The van der Waals surface area contributed by atoms with E-state index in [4.69, 9.17) is 0 Å². The summed E-state index contributed by atoms with van der Waals surface area (Å²) in [5, 5.41) is 8.20. The maximum Gasteiger partial charge on any atom is 0.248 e. The Labute approximate surface area is 183 Å². The summed E-state index contributed by atoms with van der Waals surface area (Å²) in [6.45, 7) is 9.12. The third-order valence-electron chi connectivity index (χ3n) is 5.13. The van der Waals surface area contributed by atoms with Crippen molar-refractivity contribution in [3.8, 4) is 0 Å². The van der Waals surface area contributed by atoms with E-state index in [2.05, 4.69) is 17.6 Å². The van der Waals surface area contributed by atoms with Crippen LogP contribution in [0.1, 0.15) is 51.5 Å². The van der Waals surface area contributed by atoms with E-state index >= 15 is 0 Å². The van der Waals surface area contributed by atoms with Crippen LogP contribution in [0.25, 0.3) is 0 Å². The van der Waals surface area contributed by atoms with E-state index in [0.29, 0.717) is 24.7 Å². The molecule has 0 bridgehead atoms. The molecule has 1 unspecified atom stereocenters. The zero-order valence-electron chi connectivity index (χ0n) is 18.0. The number of benzene rings is 1. The molecule has 1 aromatic heterocycles. The number of carbonyl (C=O) groups excluding carboxylic acids is 1. The molecule has 2 heterocycles. The van der Waals surface area contributed by atoms with Crippen molar-refractivity contribution in [3.63, 3.8) is 0 Å². The standard InChI is InChI=1S/C22H31N3O3S2/c1-16-11-13-25(14-12-16)30(27,28)18-9-7-17(8-10-18)23-20(19-6-5-15-29-19)21(26)24-22(2,3)4/h5-10,15-16,20,23H,11-14H2,1-4H3,(H,24,26). The molecule has 8 heteroatoms. The first-order chi connectivity index (χ1) is 14.1. The monoisotopic (exact) mass is 449 g/mol. The number of thiophene rings is 1. The fourth-order valence-corrected chi connectivity index (χ4v) is 5.67. The number of hydrogen-bond acceptors (Lipinski definition) is 5. The fourth-order valence-electron chi connectivity index (χ4n) is 3.43. The molecule has 1 amide bonds. The highest BCUT2D eigenvalue weighted by atomic mass is 32.2. The highest BCUT2D eigenvalue weighted by Crippen LogP contribution is 2.27. The second kappa shape index (κ2) is 9.08. The molecule has 1 saturated heterocycles. The van der Waals surface area contributed by atoms with Crippen molar-refractivity contribution < 1.29 is 13.2 Å². The van der Waals surface area contributed by atoms with Crippen LogP contribution in [0.4, 0.5) is 5.69 Å². The second-order valence-corrected chi connectivity index (χ2v) is 11.9. The number of rotatable bonds is 6. The normalized spacial score (nSPS) is 17.5. The van der Waals surface area contributed by atoms with Gasteiger partial charge in [-0.3, -0.25) is 4.79 Å². The number of amides is 1. The van der Waals surface area contributed by atoms with Crippen LogP contribution in [0.15, 0.2) is 46.7 Å². The Balaban J connectivity index is 1.76. The van der Waals surface area contributed by atoms with Gasteiger partial charge in [0.15, 0.2) is 0 Å². The molecule has 1 fully saturated rings. The SMILES string of the molecule is CC1CCN(S(=O)(=O)c2ccc(NC(C(=O)NC(C)(C)C)c3cccs3)cc2)CC1. The molecule has 3 rings (SSSR count). The molecule has 2 N–H and O–H groups in total. The third kappa shape index (κ3) is 5.62. The number of piperidine rings is 1. The summed E-state index contributed by atoms with van der Waals surface area (Å²) in [5.41, 5.74) is 0.349. The average Bonchev–Trinajstić information content (AvgIpc) is 3.20. The molecule has 1 aromatic carbocycles. The minimum absolute atomic E-state index is 0.121. The topological polar surface area (TPSA) is 78.5 Å². The molecule has 1 atom stereocenters. The highest BCUT2D eigenvalue weighted by Gasteiger charge is 2.29. The Kier molecular flexibility index (Phi) is 6.89. The first-order valence-electron chi connectivity index (χ1n) is 10.3. The van der Waals surface area contributed by atoms with Crippen molar-refractivity contribution in [2.24, 2.45) is 5.92 Å². The molecule has 2 aromatic rings. The molecule has 30 heavy (non-hydrogen) atoms. The number of sulfonamides is 1. The van der Waals surface area contributed by atoms with Gasteiger partial charge in [-0.15, -0.1) is 11.3 Å². The lowest BCUT2D eigenvalue weighted by Crippen LogP contribution is -2.44. The molecule has 0 aliphatic carbocycles. The molecule has 164 valence electrons. The van der Waals surface area contributed by atoms with E-state index in [-0.39, 0.29) is 16.3 Å². The van der Waals surface area contributed by atoms with Crippen molar-refractivity contribution >= 4 is 33.0 Å². The van der Waals surface area contributed by atoms with Crippen LogP contribution in [0.5, 0.6) is 0 Å². The van der Waals surface area contributed by atoms with Crippen LogP contribution in [-0.4, -0.2) is 37.3 Å². The summed E-state index contributed by atoms with van der Waals surface area (Å²) >= 11 is 1.51. The van der Waals surface area contributed by atoms with Gasteiger partial charge in [-0.25, -0.2) is 8.42 Å². The third-order valence-corrected chi connectivity index (χ3v) is 7.98. The van der Waals surface area contributed by atoms with Crippen LogP contribution < -0.4 is 10.6 Å². The minimum atomic E-state index is -3.49. The Hall–Kier alpha value is -1.90. The van der Waals surface area contributed by atoms with Crippen molar-refractivity contribution in [3.05, 3.63) is 46.7 Å². The van der Waals surface area contributed by atoms with Gasteiger partial charge in [-0.05, 0) is 75.2 Å². The number of nitrogens with zero attached hydrogens (tertiary/aromatic N) is 1. The first kappa shape index (κ1) is 22.8. The van der Waals surface area contributed by atoms with E-state index in [1.54, 1.807) is 28.6 Å². The lowest BCUT2D eigenvalue weighted by atomic mass is 10.0. The molecule has 1 aliphatic rings. The zero-order chi connectivity index (χ0) is 21.9. The van der Waals surface area contributed by atoms with Crippen molar-refractivity contribution in [1.29, 1.82) is 0 Å². The second-order valence-electron chi connectivity index (χ2n) is 8.94. The van der Waals surface area contributed by atoms with E-state index in [0.717, 1.165) is 17.7 Å². The Morgan fingerprint density at radius 3 is 2.30 bits per heavy atom. The lowest BCUT2D eigenvalue weighted by Gasteiger charge is -2.29. The molecule has 0 radical (unpaired) electrons. The van der Waals surface area contributed by atoms with Crippen molar-refractivity contribution in [1.82, 2.24) is 9.62 Å². The van der Waals surface area contributed by atoms with Crippen LogP contribution in [0.3, 0.4) is 0 Å². The summed E-state index contributed by atoms with van der Waals surface area (Å²) in [6.07, 6.45) is 1.79. The smallest absolute Gasteiger partial charge is 0.248 e. The zero-order valence-corrected chi connectivity index (χ0v) is 19.6. The van der Waals surface area contributed by atoms with Gasteiger partial charge in [0, 0.05) is 29.2 Å². The lowest BCUT2D eigenvalue weighted by molar-refractivity contribution is -0.123. The summed E-state index contributed by atoms with van der Waals surface area (Å²) in [7, 11) is -3.49. The molecule has 0 spiro atoms. The molecular formula is C22H31N3O3S2. The largest absolute Gasteiger partial charge is 0.369 e. The molecule has 0 saturated carbocycles. The van der Waals surface area contributed by atoms with Gasteiger partial charge in [0.1, 0.15) is 6.04 Å². The number of hydrogen-bond donors (Lipinski definition) is 2. The summed E-state index contributed by atoms with van der Waals surface area (Å²) in [4.78, 5) is 14.0. The quantitative estimate of drug-likeness (QED) is 0.692. The minimum Gasteiger partial charge on any atom is -0.369 e. The highest BCUT2D eigenvalue weighted by molar-refractivity contribution is 7.89. The van der Waals surface area contributed by atoms with Gasteiger partial charge in [0.25, 0.3) is 0 Å². The van der Waals surface area contributed by atoms with E-state index in [9.17, 15) is 13.2 Å². The maximum absolute atomic E-state index is 12.9. The summed E-state index contributed by atoms with van der Waals surface area (Å²) in [5.74, 6) is 0.445. The predicted molar refractivity (Wildman–Crippen MR) is 122 cm³/mol. The van der Waals surface area contributed by atoms with Crippen LogP contribution in [-0.2, 0) is 14.8 Å². The van der Waals surface area contributed by atoms with E-state index in [1.165, 1.54) is 11.3 Å². The summed E-state index contributed by atoms with van der Waals surface area (Å²) in [6, 6.07) is 9.96. The van der Waals surface area contributed by atoms with E-state index < -0.39 is 16.1 Å². The summed E-state index contributed by atoms with van der Waals surface area (Å²) < 4.78 is 27.4. The Morgan fingerprint density at radius 1 is 1.13 bits per heavy atom. The number of anilines is 1. The Morgan fingerprint density at radius 2 is 1.77 bits per heavy atom. The van der Waals surface area contributed by atoms with Gasteiger partial charge in [0.05, 0.1) is 4.90 Å². The maximum atomic E-state index is 12.9. The average molecular weight is 450 g/mol. The van der Waals surface area contributed by atoms with Gasteiger partial charge in [0.2, 0.25) is 15.9 Å². The van der Waals surface area contributed by atoms with Crippen molar-refractivity contribution in [2.75, 3.05) is 18.4 Å². The number of nitrogens with one attached hydrogen (secondary N) is 2. The van der Waals surface area contributed by atoms with Crippen LogP contribution in [0.2, 0.25) is 0 Å². The molecular weight excluding hydrogens is 418 g/mol. The fraction of sp³-hybridized carbons (Fsp3) is 0.500. The van der Waals surface area contributed by atoms with Crippen LogP contribution in [0, 0.1) is 5.92 Å². The number of carbonyl (C=O) groups is 1. The van der Waals surface area contributed by atoms with Crippen molar-refractivity contribution in [2.45, 2.75) is 57.0 Å². The molecule has 1 aliphatic heterocycles. The molecule has 6 nitrogen and oxygen atoms in total.